The zero-order chi connectivity index (χ0) is 28.7. The Morgan fingerprint density at radius 3 is 2.34 bits per heavy atom. The van der Waals surface area contributed by atoms with Gasteiger partial charge in [0.2, 0.25) is 10.0 Å². The second-order valence-corrected chi connectivity index (χ2v) is 12.3. The van der Waals surface area contributed by atoms with E-state index in [0.29, 0.717) is 43.4 Å². The van der Waals surface area contributed by atoms with Gasteiger partial charge in [-0.2, -0.15) is 4.31 Å². The minimum atomic E-state index is -3.58. The molecule has 0 amide bonds. The lowest BCUT2D eigenvalue weighted by atomic mass is 10.1. The molecule has 3 aromatic carbocycles. The van der Waals surface area contributed by atoms with Crippen molar-refractivity contribution in [3.8, 4) is 5.75 Å². The van der Waals surface area contributed by atoms with Gasteiger partial charge in [0, 0.05) is 38.1 Å². The van der Waals surface area contributed by atoms with Crippen molar-refractivity contribution in [3.05, 3.63) is 90.3 Å². The third-order valence-electron chi connectivity index (χ3n) is 7.59. The first kappa shape index (κ1) is 29.0. The Bertz CT molecular complexity index is 1520. The summed E-state index contributed by atoms with van der Waals surface area (Å²) < 4.78 is 33.9. The van der Waals surface area contributed by atoms with E-state index in [2.05, 4.69) is 48.3 Å². The molecule has 1 fully saturated rings. The van der Waals surface area contributed by atoms with Gasteiger partial charge in [-0.1, -0.05) is 55.8 Å². The number of benzene rings is 3. The molecule has 1 saturated heterocycles. The van der Waals surface area contributed by atoms with Crippen LogP contribution in [-0.2, 0) is 16.4 Å². The molecule has 5 rings (SSSR count). The lowest BCUT2D eigenvalue weighted by Crippen LogP contribution is -2.49. The molecular formula is C32H39N5O3S. The van der Waals surface area contributed by atoms with Crippen LogP contribution in [0.5, 0.6) is 5.75 Å². The number of aromatic nitrogens is 2. The number of anilines is 1. The number of unbranched alkanes of at least 4 members (excludes halogenated alkanes) is 1. The predicted molar refractivity (Wildman–Crippen MR) is 164 cm³/mol. The molecule has 1 aliphatic heterocycles. The molecule has 0 saturated carbocycles. The molecule has 1 N–H and O–H groups in total. The SMILES string of the molecule is CCCCOc1ccc(S(=O)(=O)N2CCN(C(C)c3nc(NCCc4ccccc4)c4ccccc4n3)CC2)cc1. The predicted octanol–water partition coefficient (Wildman–Crippen LogP) is 5.53. The van der Waals surface area contributed by atoms with E-state index in [0.717, 1.165) is 48.4 Å². The second-order valence-electron chi connectivity index (χ2n) is 10.4. The van der Waals surface area contributed by atoms with Crippen LogP contribution >= 0.6 is 0 Å². The van der Waals surface area contributed by atoms with Crippen molar-refractivity contribution in [1.29, 1.82) is 0 Å². The number of hydrogen-bond acceptors (Lipinski definition) is 7. The van der Waals surface area contributed by atoms with Gasteiger partial charge in [-0.3, -0.25) is 4.90 Å². The van der Waals surface area contributed by atoms with Gasteiger partial charge in [0.05, 0.1) is 23.1 Å². The molecule has 0 spiro atoms. The van der Waals surface area contributed by atoms with Gasteiger partial charge in [-0.25, -0.2) is 18.4 Å². The average Bonchev–Trinajstić information content (AvgIpc) is 3.01. The maximum absolute atomic E-state index is 13.3. The number of piperazine rings is 1. The minimum absolute atomic E-state index is 0.0568. The van der Waals surface area contributed by atoms with E-state index >= 15 is 0 Å². The highest BCUT2D eigenvalue weighted by molar-refractivity contribution is 7.89. The normalized spacial score (nSPS) is 15.6. The van der Waals surface area contributed by atoms with Crippen LogP contribution in [0.1, 0.15) is 44.1 Å². The van der Waals surface area contributed by atoms with E-state index in [9.17, 15) is 8.42 Å². The van der Waals surface area contributed by atoms with Crippen molar-refractivity contribution in [2.24, 2.45) is 0 Å². The fourth-order valence-corrected chi connectivity index (χ4v) is 6.49. The number of para-hydroxylation sites is 1. The first-order chi connectivity index (χ1) is 20.0. The van der Waals surface area contributed by atoms with Crippen LogP contribution in [-0.4, -0.2) is 66.9 Å². The molecule has 1 atom stereocenters. The summed E-state index contributed by atoms with van der Waals surface area (Å²) in [7, 11) is -3.58. The van der Waals surface area contributed by atoms with E-state index < -0.39 is 10.0 Å². The van der Waals surface area contributed by atoms with Gasteiger partial charge in [0.15, 0.2) is 0 Å². The molecule has 0 radical (unpaired) electrons. The van der Waals surface area contributed by atoms with Crippen molar-refractivity contribution in [2.45, 2.75) is 44.0 Å². The van der Waals surface area contributed by atoms with Crippen LogP contribution in [0.2, 0.25) is 0 Å². The maximum atomic E-state index is 13.3. The summed E-state index contributed by atoms with van der Waals surface area (Å²) in [6, 6.07) is 25.2. The third kappa shape index (κ3) is 7.04. The Kier molecular flexibility index (Phi) is 9.49. The van der Waals surface area contributed by atoms with Crippen LogP contribution in [0.25, 0.3) is 10.9 Å². The largest absolute Gasteiger partial charge is 0.494 e. The fourth-order valence-electron chi connectivity index (χ4n) is 5.07. The summed E-state index contributed by atoms with van der Waals surface area (Å²) in [6.07, 6.45) is 2.92. The molecule has 1 unspecified atom stereocenters. The average molecular weight is 574 g/mol. The minimum Gasteiger partial charge on any atom is -0.494 e. The molecule has 9 heteroatoms. The van der Waals surface area contributed by atoms with Crippen molar-refractivity contribution in [2.75, 3.05) is 44.6 Å². The van der Waals surface area contributed by atoms with Crippen molar-refractivity contribution < 1.29 is 13.2 Å². The van der Waals surface area contributed by atoms with Crippen LogP contribution in [0.4, 0.5) is 5.82 Å². The molecule has 1 aliphatic rings. The van der Waals surface area contributed by atoms with Gasteiger partial charge in [0.1, 0.15) is 17.4 Å². The smallest absolute Gasteiger partial charge is 0.243 e. The van der Waals surface area contributed by atoms with E-state index in [1.54, 1.807) is 28.6 Å². The molecule has 0 bridgehead atoms. The highest BCUT2D eigenvalue weighted by Gasteiger charge is 2.31. The molecular weight excluding hydrogens is 534 g/mol. The van der Waals surface area contributed by atoms with Crippen molar-refractivity contribution in [3.63, 3.8) is 0 Å². The summed E-state index contributed by atoms with van der Waals surface area (Å²) in [6.45, 7) is 7.64. The first-order valence-electron chi connectivity index (χ1n) is 14.5. The summed E-state index contributed by atoms with van der Waals surface area (Å²) >= 11 is 0. The van der Waals surface area contributed by atoms with E-state index in [1.807, 2.05) is 30.3 Å². The summed E-state index contributed by atoms with van der Waals surface area (Å²) in [5.41, 5.74) is 2.17. The van der Waals surface area contributed by atoms with E-state index in [1.165, 1.54) is 5.56 Å². The standard InChI is InChI=1S/C32H39N5O3S/c1-3-4-24-40-27-14-16-28(17-15-27)41(38,39)37-22-20-36(21-23-37)25(2)31-34-30-13-9-8-12-29(30)32(35-31)33-19-18-26-10-6-5-7-11-26/h5-17,25H,3-4,18-24H2,1-2H3,(H,33,34,35). The Morgan fingerprint density at radius 2 is 1.61 bits per heavy atom. The van der Waals surface area contributed by atoms with Crippen LogP contribution in [0.3, 0.4) is 0 Å². The molecule has 8 nitrogen and oxygen atoms in total. The number of fused-ring (bicyclic) bond motifs is 1. The Morgan fingerprint density at radius 1 is 0.902 bits per heavy atom. The monoisotopic (exact) mass is 573 g/mol. The lowest BCUT2D eigenvalue weighted by molar-refractivity contribution is 0.141. The third-order valence-corrected chi connectivity index (χ3v) is 9.51. The van der Waals surface area contributed by atoms with Crippen LogP contribution < -0.4 is 10.1 Å². The van der Waals surface area contributed by atoms with Crippen molar-refractivity contribution >= 4 is 26.7 Å². The summed E-state index contributed by atoms with van der Waals surface area (Å²) in [5, 5.41) is 4.53. The lowest BCUT2D eigenvalue weighted by Gasteiger charge is -2.36. The molecule has 216 valence electrons. The molecule has 2 heterocycles. The quantitative estimate of drug-likeness (QED) is 0.223. The molecule has 0 aliphatic carbocycles. The zero-order valence-corrected chi connectivity index (χ0v) is 24.7. The first-order valence-corrected chi connectivity index (χ1v) is 15.9. The zero-order valence-electron chi connectivity index (χ0n) is 23.9. The molecule has 4 aromatic rings. The van der Waals surface area contributed by atoms with Gasteiger partial charge in [-0.15, -0.1) is 0 Å². The summed E-state index contributed by atoms with van der Waals surface area (Å²) in [4.78, 5) is 12.4. The molecule has 41 heavy (non-hydrogen) atoms. The van der Waals surface area contributed by atoms with E-state index in [-0.39, 0.29) is 6.04 Å². The van der Waals surface area contributed by atoms with Gasteiger partial charge < -0.3 is 10.1 Å². The van der Waals surface area contributed by atoms with E-state index in [4.69, 9.17) is 14.7 Å². The van der Waals surface area contributed by atoms with Gasteiger partial charge >= 0.3 is 0 Å². The number of nitrogens with zero attached hydrogens (tertiary/aromatic N) is 4. The number of rotatable bonds is 12. The molecule has 1 aromatic heterocycles. The fraction of sp³-hybridized carbons (Fsp3) is 0.375. The van der Waals surface area contributed by atoms with Crippen LogP contribution in [0.15, 0.2) is 83.8 Å². The number of sulfonamides is 1. The number of ether oxygens (including phenoxy) is 1. The highest BCUT2D eigenvalue weighted by Crippen LogP contribution is 2.27. The summed E-state index contributed by atoms with van der Waals surface area (Å²) in [5.74, 6) is 2.26. The Hall–Kier alpha value is -3.53. The second kappa shape index (κ2) is 13.4. The van der Waals surface area contributed by atoms with Gasteiger partial charge in [0.25, 0.3) is 0 Å². The van der Waals surface area contributed by atoms with Crippen LogP contribution in [0, 0.1) is 0 Å². The number of hydrogen-bond donors (Lipinski definition) is 1. The maximum Gasteiger partial charge on any atom is 0.243 e. The van der Waals surface area contributed by atoms with Crippen molar-refractivity contribution in [1.82, 2.24) is 19.2 Å². The highest BCUT2D eigenvalue weighted by atomic mass is 32.2. The van der Waals surface area contributed by atoms with Gasteiger partial charge in [-0.05, 0) is 61.7 Å². The topological polar surface area (TPSA) is 87.7 Å². The Labute approximate surface area is 243 Å². The number of nitrogens with one attached hydrogen (secondary N) is 1. The Balaban J connectivity index is 1.24.